The lowest BCUT2D eigenvalue weighted by atomic mass is 10.1. The largest absolute Gasteiger partial charge is 0.349 e. The van der Waals surface area contributed by atoms with Crippen LogP contribution in [0.1, 0.15) is 22.7 Å². The van der Waals surface area contributed by atoms with Crippen LogP contribution >= 0.6 is 0 Å². The van der Waals surface area contributed by atoms with E-state index in [1.165, 1.54) is 15.9 Å². The summed E-state index contributed by atoms with van der Waals surface area (Å²) in [6, 6.07) is 15.4. The van der Waals surface area contributed by atoms with Crippen LogP contribution in [-0.2, 0) is 9.53 Å². The molecule has 7 nitrogen and oxygen atoms in total. The fraction of sp³-hybridized carbons (Fsp3) is 0.273. The average Bonchev–Trinajstić information content (AvgIpc) is 3.43. The van der Waals surface area contributed by atoms with E-state index in [0.717, 1.165) is 16.8 Å². The first-order valence-corrected chi connectivity index (χ1v) is 9.60. The maximum Gasteiger partial charge on any atom is 0.252 e. The van der Waals surface area contributed by atoms with Crippen molar-refractivity contribution in [3.05, 3.63) is 71.4 Å². The maximum absolute atomic E-state index is 12.7. The molecule has 3 heterocycles. The molecular formula is C22H21N5O2. The van der Waals surface area contributed by atoms with Gasteiger partial charge in [-0.2, -0.15) is 15.0 Å². The van der Waals surface area contributed by atoms with Gasteiger partial charge in [0, 0.05) is 5.56 Å². The number of hydrogen-bond acceptors (Lipinski definition) is 5. The first-order valence-electron chi connectivity index (χ1n) is 9.60. The first-order chi connectivity index (χ1) is 14.0. The van der Waals surface area contributed by atoms with Crippen molar-refractivity contribution in [1.82, 2.24) is 20.3 Å². The highest BCUT2D eigenvalue weighted by atomic mass is 16.5. The van der Waals surface area contributed by atoms with Crippen LogP contribution < -0.4 is 5.32 Å². The van der Waals surface area contributed by atoms with E-state index in [1.54, 1.807) is 6.20 Å². The fourth-order valence-corrected chi connectivity index (χ4v) is 3.76. The Morgan fingerprint density at radius 2 is 1.69 bits per heavy atom. The summed E-state index contributed by atoms with van der Waals surface area (Å²) in [5, 5.41) is 11.8. The molecule has 3 aromatic rings. The number of carbonyl (C=O) groups excluding carboxylic acids is 1. The van der Waals surface area contributed by atoms with Crippen molar-refractivity contribution in [2.75, 3.05) is 13.2 Å². The molecule has 5 rings (SSSR count). The highest BCUT2D eigenvalue weighted by Gasteiger charge is 2.55. The monoisotopic (exact) mass is 387 g/mol. The first kappa shape index (κ1) is 17.8. The van der Waals surface area contributed by atoms with Gasteiger partial charge in [0.05, 0.1) is 25.1 Å². The number of hydrogen-bond donors (Lipinski definition) is 1. The predicted molar refractivity (Wildman–Crippen MR) is 109 cm³/mol. The number of rotatable bonds is 3. The molecule has 1 fully saturated rings. The molecule has 2 aliphatic rings. The third kappa shape index (κ3) is 3.03. The number of nitrogens with zero attached hydrogens (tertiary/aromatic N) is 4. The molecule has 1 N–H and O–H groups in total. The Morgan fingerprint density at radius 1 is 1.03 bits per heavy atom. The Balaban J connectivity index is 1.49. The number of aromatic nitrogens is 3. The number of aryl methyl sites for hydroxylation is 2. The van der Waals surface area contributed by atoms with E-state index < -0.39 is 11.8 Å². The van der Waals surface area contributed by atoms with E-state index in [4.69, 9.17) is 9.73 Å². The molecule has 1 saturated heterocycles. The van der Waals surface area contributed by atoms with Gasteiger partial charge in [-0.15, -0.1) is 0 Å². The summed E-state index contributed by atoms with van der Waals surface area (Å²) < 4.78 is 6.08. The summed E-state index contributed by atoms with van der Waals surface area (Å²) in [6.07, 6.45) is 1.67. The van der Waals surface area contributed by atoms with Crippen LogP contribution in [0.25, 0.3) is 11.3 Å². The van der Waals surface area contributed by atoms with Crippen molar-refractivity contribution >= 4 is 11.6 Å². The van der Waals surface area contributed by atoms with Gasteiger partial charge in [0.2, 0.25) is 11.8 Å². The maximum atomic E-state index is 12.7. The van der Waals surface area contributed by atoms with Crippen LogP contribution in [0.3, 0.4) is 0 Å². The highest BCUT2D eigenvalue weighted by molar-refractivity contribution is 6.03. The predicted octanol–water partition coefficient (Wildman–Crippen LogP) is 2.45. The number of aliphatic imine (C=N–C) groups is 1. The second-order valence-corrected chi connectivity index (χ2v) is 7.59. The van der Waals surface area contributed by atoms with Crippen molar-refractivity contribution in [3.63, 3.8) is 0 Å². The number of ether oxygens (including phenoxy) is 1. The topological polar surface area (TPSA) is 81.4 Å². The van der Waals surface area contributed by atoms with Gasteiger partial charge in [-0.1, -0.05) is 59.7 Å². The van der Waals surface area contributed by atoms with E-state index in [9.17, 15) is 4.79 Å². The van der Waals surface area contributed by atoms with Crippen LogP contribution in [0.15, 0.2) is 59.7 Å². The van der Waals surface area contributed by atoms with Crippen molar-refractivity contribution in [1.29, 1.82) is 0 Å². The van der Waals surface area contributed by atoms with E-state index in [0.29, 0.717) is 18.8 Å². The van der Waals surface area contributed by atoms with E-state index >= 15 is 0 Å². The molecule has 2 aliphatic heterocycles. The molecule has 29 heavy (non-hydrogen) atoms. The number of carbonyl (C=O) groups is 1. The minimum Gasteiger partial charge on any atom is -0.349 e. The van der Waals surface area contributed by atoms with E-state index in [-0.39, 0.29) is 5.91 Å². The molecule has 2 aromatic carbocycles. The van der Waals surface area contributed by atoms with Crippen LogP contribution in [0, 0.1) is 13.8 Å². The summed E-state index contributed by atoms with van der Waals surface area (Å²) in [4.78, 5) is 18.9. The third-order valence-corrected chi connectivity index (χ3v) is 5.45. The van der Waals surface area contributed by atoms with Crippen LogP contribution in [0.4, 0.5) is 0 Å². The molecule has 0 radical (unpaired) electrons. The third-order valence-electron chi connectivity index (χ3n) is 5.45. The quantitative estimate of drug-likeness (QED) is 0.749. The lowest BCUT2D eigenvalue weighted by molar-refractivity contribution is -0.126. The van der Waals surface area contributed by atoms with Gasteiger partial charge in [0.25, 0.3) is 5.91 Å². The summed E-state index contributed by atoms with van der Waals surface area (Å²) in [6.45, 7) is 4.73. The van der Waals surface area contributed by atoms with Crippen LogP contribution in [0.5, 0.6) is 0 Å². The summed E-state index contributed by atoms with van der Waals surface area (Å²) >= 11 is 0. The normalized spacial score (nSPS) is 23.4. The fourth-order valence-electron chi connectivity index (χ4n) is 3.76. The van der Waals surface area contributed by atoms with Gasteiger partial charge < -0.3 is 10.1 Å². The molecule has 1 aromatic heterocycles. The average molecular weight is 387 g/mol. The van der Waals surface area contributed by atoms with Crippen molar-refractivity contribution in [3.8, 4) is 11.3 Å². The standard InChI is InChI=1S/C22H21N5O2/c1-14-3-7-16(8-4-14)18-11-24-27(26-18)20-21(28)23-13-22(20)25-19(12-29-22)17-9-5-15(2)6-10-17/h3-11,20H,12-13H2,1-2H3,(H,23,28). The summed E-state index contributed by atoms with van der Waals surface area (Å²) in [5.41, 5.74) is 4.82. The molecular weight excluding hydrogens is 366 g/mol. The zero-order valence-corrected chi connectivity index (χ0v) is 16.3. The van der Waals surface area contributed by atoms with Crippen molar-refractivity contribution in [2.45, 2.75) is 25.6 Å². The Bertz CT molecular complexity index is 1100. The molecule has 2 unspecified atom stereocenters. The molecule has 0 saturated carbocycles. The smallest absolute Gasteiger partial charge is 0.252 e. The van der Waals surface area contributed by atoms with E-state index in [2.05, 4.69) is 15.5 Å². The number of amides is 1. The zero-order chi connectivity index (χ0) is 20.0. The minimum atomic E-state index is -1.03. The number of benzene rings is 2. The SMILES string of the molecule is Cc1ccc(C2=NC3(CNC(=O)C3n3ncc(-c4ccc(C)cc4)n3)OC2)cc1. The van der Waals surface area contributed by atoms with Gasteiger partial charge >= 0.3 is 0 Å². The van der Waals surface area contributed by atoms with Gasteiger partial charge in [-0.25, -0.2) is 4.99 Å². The molecule has 1 amide bonds. The molecule has 0 aliphatic carbocycles. The second-order valence-electron chi connectivity index (χ2n) is 7.59. The lowest BCUT2D eigenvalue weighted by Crippen LogP contribution is -2.39. The Labute approximate surface area is 168 Å². The minimum absolute atomic E-state index is 0.190. The van der Waals surface area contributed by atoms with Crippen LogP contribution in [-0.4, -0.2) is 45.5 Å². The lowest BCUT2D eigenvalue weighted by Gasteiger charge is -2.23. The molecule has 0 bridgehead atoms. The molecule has 146 valence electrons. The van der Waals surface area contributed by atoms with E-state index in [1.807, 2.05) is 62.4 Å². The van der Waals surface area contributed by atoms with Crippen LogP contribution in [0.2, 0.25) is 0 Å². The summed E-state index contributed by atoms with van der Waals surface area (Å²) in [5.74, 6) is -0.190. The second kappa shape index (κ2) is 6.63. The Morgan fingerprint density at radius 3 is 2.38 bits per heavy atom. The Hall–Kier alpha value is -3.32. The van der Waals surface area contributed by atoms with Crippen molar-refractivity contribution < 1.29 is 9.53 Å². The van der Waals surface area contributed by atoms with Gasteiger partial charge in [-0.3, -0.25) is 4.79 Å². The molecule has 7 heteroatoms. The number of nitrogens with one attached hydrogen (secondary N) is 1. The van der Waals surface area contributed by atoms with Gasteiger partial charge in [0.15, 0.2) is 0 Å². The summed E-state index contributed by atoms with van der Waals surface area (Å²) in [7, 11) is 0. The molecule has 2 atom stereocenters. The van der Waals surface area contributed by atoms with Gasteiger partial charge in [-0.05, 0) is 19.4 Å². The Kier molecular flexibility index (Phi) is 4.06. The van der Waals surface area contributed by atoms with Crippen molar-refractivity contribution in [2.24, 2.45) is 4.99 Å². The zero-order valence-electron chi connectivity index (χ0n) is 16.3. The molecule has 1 spiro atoms. The van der Waals surface area contributed by atoms with Gasteiger partial charge in [0.1, 0.15) is 5.69 Å². The highest BCUT2D eigenvalue weighted by Crippen LogP contribution is 2.36.